The quantitative estimate of drug-likeness (QED) is 0.333. The standard InChI is InChI=1S/C20H39NO.C9H16N2O2.C7H8/c1-8-10-11-16(9-2)21(18(22)19(3,4)5)17-12-14-20(6,7)15-13-17;1-3-10-9(13)11-5-4-8(6-11)7(2)12;1-7-5-3-2-4-6-7/h16-17H,8-15H2,1-7H3;8H,3-6H2,1-2H3,(H,10,13);2-6H,1H3. The Kier molecular flexibility index (Phi) is 16.4. The van der Waals surface area contributed by atoms with Crippen molar-refractivity contribution in [1.82, 2.24) is 15.1 Å². The molecule has 42 heavy (non-hydrogen) atoms. The molecule has 2 unspecified atom stereocenters. The minimum absolute atomic E-state index is 0.0498. The maximum atomic E-state index is 13.1. The number of ketones is 1. The Labute approximate surface area is 258 Å². The number of likely N-dealkylation sites (tertiary alicyclic amines) is 1. The molecular weight excluding hydrogens is 522 g/mol. The number of carbonyl (C=O) groups excluding carboxylic acids is 3. The summed E-state index contributed by atoms with van der Waals surface area (Å²) in [5.74, 6) is 0.606. The second-order valence-corrected chi connectivity index (χ2v) is 14.1. The largest absolute Gasteiger partial charge is 0.338 e. The number of aryl methyl sites for hydroxylation is 1. The molecule has 1 saturated heterocycles. The highest BCUT2D eigenvalue weighted by Gasteiger charge is 2.38. The fourth-order valence-corrected chi connectivity index (χ4v) is 5.73. The van der Waals surface area contributed by atoms with Crippen LogP contribution >= 0.6 is 0 Å². The van der Waals surface area contributed by atoms with Crippen LogP contribution in [0.15, 0.2) is 30.3 Å². The molecule has 6 heteroatoms. The highest BCUT2D eigenvalue weighted by molar-refractivity contribution is 5.82. The number of hydrogen-bond acceptors (Lipinski definition) is 3. The number of nitrogens with zero attached hydrogens (tertiary/aromatic N) is 2. The number of hydrogen-bond donors (Lipinski definition) is 1. The molecule has 1 aromatic carbocycles. The molecule has 0 aromatic heterocycles. The van der Waals surface area contributed by atoms with Crippen LogP contribution in [0.25, 0.3) is 0 Å². The topological polar surface area (TPSA) is 69.7 Å². The molecule has 0 bridgehead atoms. The van der Waals surface area contributed by atoms with Gasteiger partial charge in [0.2, 0.25) is 5.91 Å². The van der Waals surface area contributed by atoms with E-state index in [2.05, 4.69) is 77.7 Å². The number of rotatable bonds is 8. The summed E-state index contributed by atoms with van der Waals surface area (Å²) in [6, 6.07) is 11.1. The molecular formula is C36H63N3O3. The first kappa shape index (κ1) is 37.7. The minimum atomic E-state index is -0.271. The van der Waals surface area contributed by atoms with Crippen molar-refractivity contribution in [1.29, 1.82) is 0 Å². The summed E-state index contributed by atoms with van der Waals surface area (Å²) in [6.07, 6.45) is 10.3. The molecule has 2 atom stereocenters. The molecule has 0 radical (unpaired) electrons. The Morgan fingerprint density at radius 1 is 1.02 bits per heavy atom. The third kappa shape index (κ3) is 13.3. The van der Waals surface area contributed by atoms with Crippen LogP contribution in [0.5, 0.6) is 0 Å². The van der Waals surface area contributed by atoms with Gasteiger partial charge in [0.25, 0.3) is 0 Å². The molecule has 1 aromatic rings. The number of amides is 3. The Balaban J connectivity index is 0.000000367. The Morgan fingerprint density at radius 2 is 1.62 bits per heavy atom. The van der Waals surface area contributed by atoms with E-state index in [1.165, 1.54) is 44.1 Å². The van der Waals surface area contributed by atoms with Crippen LogP contribution in [-0.2, 0) is 9.59 Å². The fourth-order valence-electron chi connectivity index (χ4n) is 5.73. The van der Waals surface area contributed by atoms with Crippen LogP contribution < -0.4 is 5.32 Å². The predicted molar refractivity (Wildman–Crippen MR) is 177 cm³/mol. The SMILES string of the molecule is CCCCC(CC)N(C(=O)C(C)(C)C)C1CCC(C)(C)CC1.CCNC(=O)N1CCC(C(C)=O)C1.Cc1ccccc1. The lowest BCUT2D eigenvalue weighted by Gasteiger charge is -2.45. The van der Waals surface area contributed by atoms with Gasteiger partial charge < -0.3 is 15.1 Å². The second-order valence-electron chi connectivity index (χ2n) is 14.1. The third-order valence-corrected chi connectivity index (χ3v) is 8.65. The zero-order valence-electron chi connectivity index (χ0n) is 28.7. The zero-order chi connectivity index (χ0) is 31.9. The molecule has 1 aliphatic heterocycles. The summed E-state index contributed by atoms with van der Waals surface area (Å²) in [5, 5.41) is 2.72. The number of benzene rings is 1. The summed E-state index contributed by atoms with van der Waals surface area (Å²) in [6.45, 7) is 22.9. The summed E-state index contributed by atoms with van der Waals surface area (Å²) >= 11 is 0. The van der Waals surface area contributed by atoms with Gasteiger partial charge in [-0.1, -0.05) is 97.2 Å². The van der Waals surface area contributed by atoms with Crippen molar-refractivity contribution in [3.63, 3.8) is 0 Å². The normalized spacial score (nSPS) is 19.0. The van der Waals surface area contributed by atoms with Gasteiger partial charge in [-0.05, 0) is 71.1 Å². The lowest BCUT2D eigenvalue weighted by Crippen LogP contribution is -2.52. The number of Topliss-reactive ketones (excluding diaryl/α,β-unsaturated/α-hetero) is 1. The molecule has 3 rings (SSSR count). The molecule has 2 fully saturated rings. The molecule has 1 N–H and O–H groups in total. The molecule has 1 heterocycles. The Morgan fingerprint density at radius 3 is 2.02 bits per heavy atom. The van der Waals surface area contributed by atoms with Gasteiger partial charge >= 0.3 is 6.03 Å². The van der Waals surface area contributed by atoms with Gasteiger partial charge in [-0.25, -0.2) is 4.79 Å². The fraction of sp³-hybridized carbons (Fsp3) is 0.750. The maximum absolute atomic E-state index is 13.1. The van der Waals surface area contributed by atoms with E-state index in [9.17, 15) is 14.4 Å². The predicted octanol–water partition coefficient (Wildman–Crippen LogP) is 8.42. The van der Waals surface area contributed by atoms with Gasteiger partial charge in [-0.3, -0.25) is 9.59 Å². The third-order valence-electron chi connectivity index (χ3n) is 8.65. The van der Waals surface area contributed by atoms with E-state index in [0.29, 0.717) is 43.0 Å². The van der Waals surface area contributed by atoms with Crippen LogP contribution in [0.1, 0.15) is 126 Å². The first-order valence-electron chi connectivity index (χ1n) is 16.5. The number of carbonyl (C=O) groups is 3. The number of urea groups is 1. The van der Waals surface area contributed by atoms with Crippen molar-refractivity contribution in [2.75, 3.05) is 19.6 Å². The van der Waals surface area contributed by atoms with Crippen molar-refractivity contribution >= 4 is 17.7 Å². The molecule has 0 spiro atoms. The lowest BCUT2D eigenvalue weighted by atomic mass is 9.74. The Hall–Kier alpha value is -2.37. The smallest absolute Gasteiger partial charge is 0.317 e. The Bertz CT molecular complexity index is 928. The monoisotopic (exact) mass is 585 g/mol. The van der Waals surface area contributed by atoms with Gasteiger partial charge in [0.15, 0.2) is 0 Å². The molecule has 3 amide bonds. The van der Waals surface area contributed by atoms with Gasteiger partial charge in [-0.2, -0.15) is 0 Å². The van der Waals surface area contributed by atoms with E-state index in [-0.39, 0.29) is 23.1 Å². The van der Waals surface area contributed by atoms with E-state index in [1.807, 2.05) is 25.1 Å². The average Bonchev–Trinajstić information content (AvgIpc) is 3.43. The van der Waals surface area contributed by atoms with Gasteiger partial charge in [0.05, 0.1) is 0 Å². The van der Waals surface area contributed by atoms with Crippen LogP contribution in [0.2, 0.25) is 0 Å². The van der Waals surface area contributed by atoms with Gasteiger partial charge in [0.1, 0.15) is 5.78 Å². The number of nitrogens with one attached hydrogen (secondary N) is 1. The van der Waals surface area contributed by atoms with Crippen LogP contribution in [0.4, 0.5) is 4.79 Å². The van der Waals surface area contributed by atoms with Crippen molar-refractivity contribution in [3.05, 3.63) is 35.9 Å². The second kappa shape index (κ2) is 18.3. The molecule has 1 aliphatic carbocycles. The van der Waals surface area contributed by atoms with E-state index < -0.39 is 0 Å². The maximum Gasteiger partial charge on any atom is 0.317 e. The van der Waals surface area contributed by atoms with E-state index in [1.54, 1.807) is 11.8 Å². The number of unbranched alkanes of at least 4 members (excludes halogenated alkanes) is 1. The van der Waals surface area contributed by atoms with Gasteiger partial charge in [-0.15, -0.1) is 0 Å². The molecule has 240 valence electrons. The zero-order valence-corrected chi connectivity index (χ0v) is 28.7. The minimum Gasteiger partial charge on any atom is -0.338 e. The molecule has 2 aliphatic rings. The summed E-state index contributed by atoms with van der Waals surface area (Å²) in [7, 11) is 0. The summed E-state index contributed by atoms with van der Waals surface area (Å²) in [4.78, 5) is 39.5. The first-order valence-corrected chi connectivity index (χ1v) is 16.5. The van der Waals surface area contributed by atoms with Crippen LogP contribution in [-0.4, -0.2) is 59.2 Å². The first-order chi connectivity index (χ1) is 19.7. The molecule has 1 saturated carbocycles. The van der Waals surface area contributed by atoms with E-state index >= 15 is 0 Å². The van der Waals surface area contributed by atoms with E-state index in [4.69, 9.17) is 0 Å². The van der Waals surface area contributed by atoms with Crippen molar-refractivity contribution < 1.29 is 14.4 Å². The highest BCUT2D eigenvalue weighted by atomic mass is 16.2. The molecule has 6 nitrogen and oxygen atoms in total. The highest BCUT2D eigenvalue weighted by Crippen LogP contribution is 2.39. The van der Waals surface area contributed by atoms with Crippen molar-refractivity contribution in [3.8, 4) is 0 Å². The van der Waals surface area contributed by atoms with E-state index in [0.717, 1.165) is 19.3 Å². The average molecular weight is 586 g/mol. The van der Waals surface area contributed by atoms with Crippen molar-refractivity contribution in [2.24, 2.45) is 16.7 Å². The lowest BCUT2D eigenvalue weighted by molar-refractivity contribution is -0.146. The summed E-state index contributed by atoms with van der Waals surface area (Å²) in [5.41, 5.74) is 1.51. The summed E-state index contributed by atoms with van der Waals surface area (Å²) < 4.78 is 0. The van der Waals surface area contributed by atoms with Crippen LogP contribution in [0.3, 0.4) is 0 Å². The van der Waals surface area contributed by atoms with Crippen LogP contribution in [0, 0.1) is 23.7 Å². The van der Waals surface area contributed by atoms with Crippen molar-refractivity contribution in [2.45, 2.75) is 139 Å². The van der Waals surface area contributed by atoms with Gasteiger partial charge in [0, 0.05) is 43.1 Å².